The lowest BCUT2D eigenvalue weighted by Crippen LogP contribution is -2.01. The number of aliphatic hydroxyl groups excluding tert-OH is 1. The van der Waals surface area contributed by atoms with E-state index in [2.05, 4.69) is 0 Å². The molecule has 0 heterocycles. The van der Waals surface area contributed by atoms with E-state index in [0.29, 0.717) is 10.6 Å². The zero-order chi connectivity index (χ0) is 10.7. The SMILES string of the molecule is NCC(O)=Cc1cc(Cl)cc(Cl)c1O. The third kappa shape index (κ3) is 2.54. The molecule has 1 rings (SSSR count). The number of aliphatic hydroxyl groups is 1. The van der Waals surface area contributed by atoms with Crippen molar-refractivity contribution in [3.63, 3.8) is 0 Å². The minimum Gasteiger partial charge on any atom is -0.511 e. The van der Waals surface area contributed by atoms with Crippen molar-refractivity contribution in [3.8, 4) is 5.75 Å². The molecular weight excluding hydrogens is 225 g/mol. The molecule has 0 atom stereocenters. The third-order valence-electron chi connectivity index (χ3n) is 1.59. The second-order valence-corrected chi connectivity index (χ2v) is 3.51. The van der Waals surface area contributed by atoms with Crippen molar-refractivity contribution in [2.24, 2.45) is 5.73 Å². The van der Waals surface area contributed by atoms with Gasteiger partial charge in [-0.15, -0.1) is 0 Å². The van der Waals surface area contributed by atoms with Crippen LogP contribution in [0.4, 0.5) is 0 Å². The van der Waals surface area contributed by atoms with Gasteiger partial charge in [0.2, 0.25) is 0 Å². The molecule has 1 aromatic carbocycles. The van der Waals surface area contributed by atoms with Crippen molar-refractivity contribution in [1.82, 2.24) is 0 Å². The molecule has 14 heavy (non-hydrogen) atoms. The maximum absolute atomic E-state index is 9.48. The number of aromatic hydroxyl groups is 1. The zero-order valence-corrected chi connectivity index (χ0v) is 8.68. The Morgan fingerprint density at radius 2 is 2.07 bits per heavy atom. The van der Waals surface area contributed by atoms with Gasteiger partial charge in [-0.05, 0) is 18.2 Å². The molecule has 0 unspecified atom stereocenters. The van der Waals surface area contributed by atoms with Gasteiger partial charge in [0.25, 0.3) is 0 Å². The summed E-state index contributed by atoms with van der Waals surface area (Å²) < 4.78 is 0. The van der Waals surface area contributed by atoms with Crippen molar-refractivity contribution < 1.29 is 10.2 Å². The van der Waals surface area contributed by atoms with Gasteiger partial charge in [-0.2, -0.15) is 0 Å². The van der Waals surface area contributed by atoms with Gasteiger partial charge < -0.3 is 15.9 Å². The summed E-state index contributed by atoms with van der Waals surface area (Å²) in [6.45, 7) is -0.0103. The van der Waals surface area contributed by atoms with Gasteiger partial charge in [-0.3, -0.25) is 0 Å². The Hall–Kier alpha value is -0.900. The fourth-order valence-corrected chi connectivity index (χ4v) is 1.44. The molecule has 0 amide bonds. The predicted molar refractivity (Wildman–Crippen MR) is 57.8 cm³/mol. The van der Waals surface area contributed by atoms with E-state index in [-0.39, 0.29) is 23.1 Å². The summed E-state index contributed by atoms with van der Waals surface area (Å²) >= 11 is 11.4. The molecular formula is C9H9Cl2NO2. The lowest BCUT2D eigenvalue weighted by Gasteiger charge is -2.03. The summed E-state index contributed by atoms with van der Waals surface area (Å²) in [5, 5.41) is 19.1. The Morgan fingerprint density at radius 1 is 1.43 bits per heavy atom. The predicted octanol–water partition coefficient (Wildman–Crippen LogP) is 2.56. The van der Waals surface area contributed by atoms with E-state index >= 15 is 0 Å². The van der Waals surface area contributed by atoms with Gasteiger partial charge in [0.05, 0.1) is 11.6 Å². The smallest absolute Gasteiger partial charge is 0.141 e. The Balaban J connectivity index is 3.21. The standard InChI is InChI=1S/C9H9Cl2NO2/c10-6-1-5(2-7(13)4-12)9(14)8(11)3-6/h1-3,13-14H,4,12H2. The Morgan fingerprint density at radius 3 is 2.64 bits per heavy atom. The molecule has 76 valence electrons. The number of hydrogen-bond acceptors (Lipinski definition) is 3. The summed E-state index contributed by atoms with van der Waals surface area (Å²) in [7, 11) is 0. The van der Waals surface area contributed by atoms with Gasteiger partial charge in [-0.25, -0.2) is 0 Å². The van der Waals surface area contributed by atoms with E-state index < -0.39 is 0 Å². The van der Waals surface area contributed by atoms with E-state index in [1.54, 1.807) is 0 Å². The summed E-state index contributed by atoms with van der Waals surface area (Å²) in [6.07, 6.45) is 1.31. The van der Waals surface area contributed by atoms with Crippen LogP contribution < -0.4 is 5.73 Å². The molecule has 0 aromatic heterocycles. The van der Waals surface area contributed by atoms with Crippen molar-refractivity contribution in [3.05, 3.63) is 33.5 Å². The minimum absolute atomic E-state index is 0.0103. The third-order valence-corrected chi connectivity index (χ3v) is 2.10. The highest BCUT2D eigenvalue weighted by molar-refractivity contribution is 6.35. The van der Waals surface area contributed by atoms with Gasteiger partial charge in [0.1, 0.15) is 11.5 Å². The molecule has 5 heteroatoms. The minimum atomic E-state index is -0.129. The summed E-state index contributed by atoms with van der Waals surface area (Å²) in [5.74, 6) is -0.185. The van der Waals surface area contributed by atoms with Crippen molar-refractivity contribution in [1.29, 1.82) is 0 Å². The Bertz CT molecular complexity index is 377. The molecule has 3 nitrogen and oxygen atoms in total. The summed E-state index contributed by atoms with van der Waals surface area (Å²) in [4.78, 5) is 0. The first-order valence-electron chi connectivity index (χ1n) is 3.82. The van der Waals surface area contributed by atoms with Gasteiger partial charge in [0.15, 0.2) is 0 Å². The fraction of sp³-hybridized carbons (Fsp3) is 0.111. The van der Waals surface area contributed by atoms with Crippen LogP contribution in [0.3, 0.4) is 0 Å². The van der Waals surface area contributed by atoms with Crippen LogP contribution in [0.25, 0.3) is 6.08 Å². The van der Waals surface area contributed by atoms with Gasteiger partial charge >= 0.3 is 0 Å². The van der Waals surface area contributed by atoms with Gasteiger partial charge in [0, 0.05) is 10.6 Å². The number of phenols is 1. The van der Waals surface area contributed by atoms with Crippen LogP contribution in [0, 0.1) is 0 Å². The second-order valence-electron chi connectivity index (χ2n) is 2.67. The molecule has 4 N–H and O–H groups in total. The van der Waals surface area contributed by atoms with Crippen molar-refractivity contribution in [2.75, 3.05) is 6.54 Å². The van der Waals surface area contributed by atoms with Crippen LogP contribution in [0.15, 0.2) is 17.9 Å². The van der Waals surface area contributed by atoms with Crippen LogP contribution in [0.1, 0.15) is 5.56 Å². The van der Waals surface area contributed by atoms with Gasteiger partial charge in [-0.1, -0.05) is 23.2 Å². The van der Waals surface area contributed by atoms with Crippen LogP contribution in [0.5, 0.6) is 5.75 Å². The van der Waals surface area contributed by atoms with E-state index in [4.69, 9.17) is 34.0 Å². The number of halogens is 2. The van der Waals surface area contributed by atoms with Crippen molar-refractivity contribution >= 4 is 29.3 Å². The number of rotatable bonds is 2. The maximum atomic E-state index is 9.48. The normalized spacial score (nSPS) is 11.8. The van der Waals surface area contributed by atoms with Crippen LogP contribution >= 0.6 is 23.2 Å². The first-order chi connectivity index (χ1) is 6.54. The maximum Gasteiger partial charge on any atom is 0.141 e. The number of nitrogens with two attached hydrogens (primary N) is 1. The first-order valence-corrected chi connectivity index (χ1v) is 4.57. The molecule has 0 aliphatic rings. The van der Waals surface area contributed by atoms with E-state index in [9.17, 15) is 5.11 Å². The average Bonchev–Trinajstić information content (AvgIpc) is 2.13. The topological polar surface area (TPSA) is 66.5 Å². The Kier molecular flexibility index (Phi) is 3.63. The fourth-order valence-electron chi connectivity index (χ4n) is 0.934. The highest BCUT2D eigenvalue weighted by Gasteiger charge is 2.06. The first kappa shape index (κ1) is 11.2. The largest absolute Gasteiger partial charge is 0.511 e. The summed E-state index contributed by atoms with van der Waals surface area (Å²) in [6, 6.07) is 2.89. The average molecular weight is 234 g/mol. The van der Waals surface area contributed by atoms with Crippen molar-refractivity contribution in [2.45, 2.75) is 0 Å². The van der Waals surface area contributed by atoms with E-state index in [1.807, 2.05) is 0 Å². The highest BCUT2D eigenvalue weighted by Crippen LogP contribution is 2.32. The number of phenolic OH excluding ortho intramolecular Hbond substituents is 1. The molecule has 0 bridgehead atoms. The second kappa shape index (κ2) is 4.55. The lowest BCUT2D eigenvalue weighted by molar-refractivity contribution is 0.408. The molecule has 0 spiro atoms. The van der Waals surface area contributed by atoms with Crippen LogP contribution in [0.2, 0.25) is 10.0 Å². The van der Waals surface area contributed by atoms with Crippen LogP contribution in [-0.2, 0) is 0 Å². The van der Waals surface area contributed by atoms with E-state index in [0.717, 1.165) is 0 Å². The molecule has 0 saturated carbocycles. The molecule has 0 saturated heterocycles. The zero-order valence-electron chi connectivity index (χ0n) is 7.17. The quantitative estimate of drug-likeness (QED) is 0.689. The molecule has 0 aliphatic heterocycles. The monoisotopic (exact) mass is 233 g/mol. The molecule has 0 radical (unpaired) electrons. The van der Waals surface area contributed by atoms with Crippen LogP contribution in [-0.4, -0.2) is 16.8 Å². The van der Waals surface area contributed by atoms with E-state index in [1.165, 1.54) is 18.2 Å². The number of hydrogen-bond donors (Lipinski definition) is 3. The number of benzene rings is 1. The molecule has 0 aliphatic carbocycles. The molecule has 0 fully saturated rings. The summed E-state index contributed by atoms with van der Waals surface area (Å²) in [5.41, 5.74) is 5.52. The highest BCUT2D eigenvalue weighted by atomic mass is 35.5. The lowest BCUT2D eigenvalue weighted by atomic mass is 10.2. The molecule has 1 aromatic rings. The Labute approximate surface area is 91.4 Å².